The lowest BCUT2D eigenvalue weighted by molar-refractivity contribution is -0.142. The Hall–Kier alpha value is -4.77. The van der Waals surface area contributed by atoms with E-state index in [4.69, 9.17) is 0 Å². The molecule has 0 unspecified atom stereocenters. The third kappa shape index (κ3) is 12.4. The van der Waals surface area contributed by atoms with Crippen molar-refractivity contribution in [1.29, 1.82) is 0 Å². The average Bonchev–Trinajstić information content (AvgIpc) is 3.50. The molecular formula is C36H55N7O10. The number of aromatic hydroxyl groups is 1. The summed E-state index contributed by atoms with van der Waals surface area (Å²) in [7, 11) is 0. The molecule has 2 heterocycles. The summed E-state index contributed by atoms with van der Waals surface area (Å²) in [4.78, 5) is 96.4. The maximum Gasteiger partial charge on any atom is 0.305 e. The minimum atomic E-state index is -1.72. The number of aliphatic hydroxyl groups is 1. The van der Waals surface area contributed by atoms with Crippen molar-refractivity contribution in [2.24, 2.45) is 5.92 Å². The van der Waals surface area contributed by atoms with E-state index in [1.54, 1.807) is 58.6 Å². The van der Waals surface area contributed by atoms with Gasteiger partial charge in [-0.25, -0.2) is 0 Å². The molecule has 0 bridgehead atoms. The fourth-order valence-corrected chi connectivity index (χ4v) is 6.54. The average molecular weight is 746 g/mol. The van der Waals surface area contributed by atoms with E-state index in [0.29, 0.717) is 18.4 Å². The maximum atomic E-state index is 14.2. The Morgan fingerprint density at radius 3 is 1.98 bits per heavy atom. The summed E-state index contributed by atoms with van der Waals surface area (Å²) in [5.74, 6) is -6.31. The smallest absolute Gasteiger partial charge is 0.305 e. The van der Waals surface area contributed by atoms with Gasteiger partial charge in [0.1, 0.15) is 36.0 Å². The molecule has 0 saturated carbocycles. The van der Waals surface area contributed by atoms with Crippen LogP contribution in [0.5, 0.6) is 5.75 Å². The molecule has 0 aliphatic carbocycles. The molecule has 1 aromatic carbocycles. The number of benzene rings is 1. The zero-order valence-electron chi connectivity index (χ0n) is 31.4. The first-order chi connectivity index (χ1) is 24.7. The lowest BCUT2D eigenvalue weighted by Gasteiger charge is -2.38. The molecule has 3 rings (SSSR count). The molecule has 6 amide bonds. The summed E-state index contributed by atoms with van der Waals surface area (Å²) in [6, 6.07) is -2.93. The molecule has 2 fully saturated rings. The molecule has 2 saturated heterocycles. The molecule has 17 heteroatoms. The van der Waals surface area contributed by atoms with Gasteiger partial charge in [-0.15, -0.1) is 0 Å². The molecule has 53 heavy (non-hydrogen) atoms. The van der Waals surface area contributed by atoms with E-state index in [1.807, 2.05) is 0 Å². The monoisotopic (exact) mass is 745 g/mol. The molecule has 8 atom stereocenters. The van der Waals surface area contributed by atoms with Crippen molar-refractivity contribution in [1.82, 2.24) is 36.8 Å². The van der Waals surface area contributed by atoms with Crippen LogP contribution in [0.3, 0.4) is 0 Å². The fraction of sp³-hybridized carbons (Fsp3) is 0.639. The van der Waals surface area contributed by atoms with Crippen LogP contribution in [-0.4, -0.2) is 122 Å². The summed E-state index contributed by atoms with van der Waals surface area (Å²) in [6.45, 7) is 11.9. The summed E-state index contributed by atoms with van der Waals surface area (Å²) < 4.78 is 0. The molecule has 0 radical (unpaired) electrons. The number of aliphatic carboxylic acids is 1. The highest BCUT2D eigenvalue weighted by atomic mass is 16.4. The predicted octanol–water partition coefficient (Wildman–Crippen LogP) is -0.958. The number of hydrogen-bond acceptors (Lipinski definition) is 10. The number of nitrogens with zero attached hydrogens (tertiary/aromatic N) is 1. The number of carboxylic acids is 1. The van der Waals surface area contributed by atoms with Crippen LogP contribution >= 0.6 is 0 Å². The summed E-state index contributed by atoms with van der Waals surface area (Å²) in [6.07, 6.45) is -1.56. The zero-order valence-corrected chi connectivity index (χ0v) is 31.4. The van der Waals surface area contributed by atoms with Crippen LogP contribution in [0.15, 0.2) is 24.3 Å². The first kappa shape index (κ1) is 42.6. The Kier molecular flexibility index (Phi) is 14.7. The van der Waals surface area contributed by atoms with Crippen molar-refractivity contribution in [3.8, 4) is 5.75 Å². The van der Waals surface area contributed by atoms with Crippen LogP contribution in [0.2, 0.25) is 0 Å². The molecule has 2 aliphatic heterocycles. The second-order valence-electron chi connectivity index (χ2n) is 15.4. The van der Waals surface area contributed by atoms with Crippen molar-refractivity contribution in [2.45, 2.75) is 135 Å². The van der Waals surface area contributed by atoms with Crippen LogP contribution in [0.25, 0.3) is 0 Å². The molecular weight excluding hydrogens is 690 g/mol. The van der Waals surface area contributed by atoms with Crippen molar-refractivity contribution in [2.75, 3.05) is 6.54 Å². The third-order valence-corrected chi connectivity index (χ3v) is 8.99. The number of carbonyl (C=O) groups is 7. The number of nitrogens with one attached hydrogen (secondary N) is 6. The van der Waals surface area contributed by atoms with Gasteiger partial charge in [0, 0.05) is 12.0 Å². The van der Waals surface area contributed by atoms with Gasteiger partial charge in [-0.05, 0) is 84.0 Å². The van der Waals surface area contributed by atoms with E-state index in [-0.39, 0.29) is 31.1 Å². The number of aliphatic hydroxyl groups excluding tert-OH is 1. The molecule has 2 aliphatic rings. The third-order valence-electron chi connectivity index (χ3n) is 8.99. The highest BCUT2D eigenvalue weighted by molar-refractivity contribution is 5.97. The predicted molar refractivity (Wildman–Crippen MR) is 192 cm³/mol. The molecule has 17 nitrogen and oxygen atoms in total. The van der Waals surface area contributed by atoms with E-state index in [2.05, 4.69) is 31.9 Å². The minimum absolute atomic E-state index is 0.0114. The van der Waals surface area contributed by atoms with E-state index in [1.165, 1.54) is 19.1 Å². The van der Waals surface area contributed by atoms with Crippen molar-refractivity contribution < 1.29 is 48.9 Å². The van der Waals surface area contributed by atoms with Gasteiger partial charge < -0.3 is 47.2 Å². The Bertz CT molecular complexity index is 1510. The standard InChI is InChI=1S/C36H55N7O10/c1-18(2)15-23-30(48)39-25(17-27(46)47)32(50)41-28(20(4)44)34(52)37-19(3)29(35(53)42-36(5,6)7)43-14-8-9-26(43)33(51)40-24(31(49)38-23)16-21-10-12-22(45)13-11-21/h10-13,18-20,23-26,28-29,44-45H,8-9,14-17H2,1-7H3,(H,37,52)(H,38,49)(H,39,48)(H,40,51)(H,41,50)(H,42,53)(H,46,47)/t19-,20+,23-,24+,25-,26-,28-,29-/m0/s1. The summed E-state index contributed by atoms with van der Waals surface area (Å²) in [5.41, 5.74) is -0.132. The first-order valence-electron chi connectivity index (χ1n) is 17.9. The topological polar surface area (TPSA) is 256 Å². The molecule has 294 valence electrons. The van der Waals surface area contributed by atoms with Gasteiger partial charge in [-0.3, -0.25) is 38.5 Å². The number of carbonyl (C=O) groups excluding carboxylic acids is 6. The number of phenols is 1. The van der Waals surface area contributed by atoms with Gasteiger partial charge in [0.15, 0.2) is 0 Å². The van der Waals surface area contributed by atoms with Crippen LogP contribution in [-0.2, 0) is 40.0 Å². The van der Waals surface area contributed by atoms with Crippen LogP contribution in [0.1, 0.15) is 79.7 Å². The first-order valence-corrected chi connectivity index (χ1v) is 17.9. The number of amides is 6. The Balaban J connectivity index is 2.16. The van der Waals surface area contributed by atoms with Gasteiger partial charge >= 0.3 is 5.97 Å². The van der Waals surface area contributed by atoms with Crippen molar-refractivity contribution in [3.05, 3.63) is 29.8 Å². The van der Waals surface area contributed by atoms with Crippen LogP contribution < -0.4 is 31.9 Å². The van der Waals surface area contributed by atoms with Crippen molar-refractivity contribution in [3.63, 3.8) is 0 Å². The largest absolute Gasteiger partial charge is 0.508 e. The van der Waals surface area contributed by atoms with Gasteiger partial charge in [-0.1, -0.05) is 26.0 Å². The summed E-state index contributed by atoms with van der Waals surface area (Å²) >= 11 is 0. The molecule has 1 aromatic rings. The molecule has 0 aromatic heterocycles. The zero-order chi connectivity index (χ0) is 39.8. The number of phenolic OH excluding ortho intramolecular Hbond substituents is 1. The van der Waals surface area contributed by atoms with Gasteiger partial charge in [0.05, 0.1) is 24.6 Å². The Labute approximate surface area is 309 Å². The van der Waals surface area contributed by atoms with Crippen LogP contribution in [0, 0.1) is 5.92 Å². The highest BCUT2D eigenvalue weighted by Gasteiger charge is 2.44. The van der Waals surface area contributed by atoms with E-state index < -0.39 is 102 Å². The normalized spacial score (nSPS) is 27.6. The quantitative estimate of drug-likeness (QED) is 0.157. The maximum absolute atomic E-state index is 14.2. The van der Waals surface area contributed by atoms with Crippen molar-refractivity contribution >= 4 is 41.4 Å². The summed E-state index contributed by atoms with van der Waals surface area (Å²) in [5, 5.41) is 45.8. The SMILES string of the molecule is CC(C)C[C@@H]1NC(=O)[C@@H](Cc2ccc(O)cc2)NC(=O)[C@@H]2CCCN2[C@H](C(=O)NC(C)(C)C)[C@H](C)NC(=O)[C@H]([C@@H](C)O)NC(=O)[C@H](CC(=O)O)NC1=O. The Morgan fingerprint density at radius 2 is 1.42 bits per heavy atom. The second-order valence-corrected chi connectivity index (χ2v) is 15.4. The Morgan fingerprint density at radius 1 is 0.849 bits per heavy atom. The molecule has 0 spiro atoms. The highest BCUT2D eigenvalue weighted by Crippen LogP contribution is 2.24. The van der Waals surface area contributed by atoms with E-state index in [9.17, 15) is 48.9 Å². The van der Waals surface area contributed by atoms with E-state index in [0.717, 1.165) is 0 Å². The number of fused-ring (bicyclic) bond motifs is 1. The fourth-order valence-electron chi connectivity index (χ4n) is 6.54. The van der Waals surface area contributed by atoms with E-state index >= 15 is 0 Å². The lowest BCUT2D eigenvalue weighted by Crippen LogP contribution is -2.66. The van der Waals surface area contributed by atoms with Gasteiger partial charge in [-0.2, -0.15) is 0 Å². The second kappa shape index (κ2) is 18.3. The number of hydrogen-bond donors (Lipinski definition) is 9. The number of carboxylic acid groups (broad SMARTS) is 1. The minimum Gasteiger partial charge on any atom is -0.508 e. The van der Waals surface area contributed by atoms with Gasteiger partial charge in [0.2, 0.25) is 35.4 Å². The lowest BCUT2D eigenvalue weighted by atomic mass is 9.99. The van der Waals surface area contributed by atoms with Gasteiger partial charge in [0.25, 0.3) is 0 Å². The number of rotatable bonds is 8. The van der Waals surface area contributed by atoms with Crippen LogP contribution in [0.4, 0.5) is 0 Å². The molecule has 9 N–H and O–H groups in total.